The Morgan fingerprint density at radius 1 is 1.17 bits per heavy atom. The van der Waals surface area contributed by atoms with Gasteiger partial charge in [-0.25, -0.2) is 0 Å². The van der Waals surface area contributed by atoms with Crippen molar-refractivity contribution in [2.75, 3.05) is 34.9 Å². The van der Waals surface area contributed by atoms with E-state index >= 15 is 0 Å². The number of nitrogens with one attached hydrogen (secondary N) is 2. The van der Waals surface area contributed by atoms with Gasteiger partial charge < -0.3 is 20.1 Å². The van der Waals surface area contributed by atoms with Gasteiger partial charge in [-0.2, -0.15) is 0 Å². The second-order valence-electron chi connectivity index (χ2n) is 4.19. The van der Waals surface area contributed by atoms with Crippen molar-refractivity contribution in [3.05, 3.63) is 23.8 Å². The molecule has 0 aliphatic carbocycles. The Morgan fingerprint density at radius 2 is 1.94 bits per heavy atom. The van der Waals surface area contributed by atoms with Gasteiger partial charge in [0.2, 0.25) is 0 Å². The van der Waals surface area contributed by atoms with Crippen molar-refractivity contribution in [3.63, 3.8) is 0 Å². The first kappa shape index (κ1) is 14.8. The number of benzene rings is 1. The Kier molecular flexibility index (Phi) is 6.54. The van der Waals surface area contributed by atoms with E-state index in [1.54, 1.807) is 14.2 Å². The molecule has 102 valence electrons. The summed E-state index contributed by atoms with van der Waals surface area (Å²) in [6, 6.07) is 6.20. The van der Waals surface area contributed by atoms with Gasteiger partial charge in [0.05, 0.1) is 14.2 Å². The molecule has 0 saturated carbocycles. The minimum atomic E-state index is 0.281. The predicted octanol–water partition coefficient (Wildman–Crippen LogP) is 1.96. The average Bonchev–Trinajstić information content (AvgIpc) is 2.43. The second kappa shape index (κ2) is 7.95. The van der Waals surface area contributed by atoms with Crippen molar-refractivity contribution < 1.29 is 9.47 Å². The van der Waals surface area contributed by atoms with Crippen LogP contribution in [0.25, 0.3) is 0 Å². The Labute approximate surface area is 110 Å². The molecule has 0 spiro atoms. The summed E-state index contributed by atoms with van der Waals surface area (Å²) >= 11 is 0. The standard InChI is InChI=1S/C14H24N2O2/c1-15-9-5-6-13(16-2)12-10-11(17-3)7-8-14(12)18-4/h7-8,10,13,15-16H,5-6,9H2,1-4H3. The molecule has 4 heteroatoms. The van der Waals surface area contributed by atoms with Crippen molar-refractivity contribution >= 4 is 0 Å². The summed E-state index contributed by atoms with van der Waals surface area (Å²) in [6.45, 7) is 1.02. The molecule has 2 N–H and O–H groups in total. The van der Waals surface area contributed by atoms with Crippen LogP contribution in [0.5, 0.6) is 11.5 Å². The van der Waals surface area contributed by atoms with Gasteiger partial charge in [-0.1, -0.05) is 0 Å². The third kappa shape index (κ3) is 3.89. The molecule has 1 rings (SSSR count). The number of rotatable bonds is 8. The van der Waals surface area contributed by atoms with Crippen LogP contribution < -0.4 is 20.1 Å². The SMILES string of the molecule is CNCCCC(NC)c1cc(OC)ccc1OC. The largest absolute Gasteiger partial charge is 0.497 e. The van der Waals surface area contributed by atoms with E-state index in [1.165, 1.54) is 0 Å². The third-order valence-corrected chi connectivity index (χ3v) is 3.08. The second-order valence-corrected chi connectivity index (χ2v) is 4.19. The highest BCUT2D eigenvalue weighted by Crippen LogP contribution is 2.31. The molecular formula is C14H24N2O2. The number of hydrogen-bond acceptors (Lipinski definition) is 4. The Morgan fingerprint density at radius 3 is 2.50 bits per heavy atom. The maximum Gasteiger partial charge on any atom is 0.123 e. The highest BCUT2D eigenvalue weighted by Gasteiger charge is 2.15. The zero-order valence-electron chi connectivity index (χ0n) is 11.7. The first-order valence-corrected chi connectivity index (χ1v) is 6.30. The molecule has 1 aromatic carbocycles. The highest BCUT2D eigenvalue weighted by molar-refractivity contribution is 5.42. The van der Waals surface area contributed by atoms with E-state index in [1.807, 2.05) is 32.3 Å². The number of methoxy groups -OCH3 is 2. The van der Waals surface area contributed by atoms with Gasteiger partial charge in [0.25, 0.3) is 0 Å². The van der Waals surface area contributed by atoms with Crippen LogP contribution in [0, 0.1) is 0 Å². The minimum Gasteiger partial charge on any atom is -0.497 e. The molecule has 0 fully saturated rings. The van der Waals surface area contributed by atoms with Crippen molar-refractivity contribution in [2.45, 2.75) is 18.9 Å². The number of ether oxygens (including phenoxy) is 2. The van der Waals surface area contributed by atoms with E-state index in [-0.39, 0.29) is 6.04 Å². The monoisotopic (exact) mass is 252 g/mol. The molecule has 0 heterocycles. The molecule has 4 nitrogen and oxygen atoms in total. The van der Waals surface area contributed by atoms with Crippen molar-refractivity contribution in [3.8, 4) is 11.5 Å². The van der Waals surface area contributed by atoms with Gasteiger partial charge in [0.1, 0.15) is 11.5 Å². The molecule has 0 aliphatic heterocycles. The summed E-state index contributed by atoms with van der Waals surface area (Å²) in [4.78, 5) is 0. The topological polar surface area (TPSA) is 42.5 Å². The molecule has 1 atom stereocenters. The van der Waals surface area contributed by atoms with E-state index < -0.39 is 0 Å². The summed E-state index contributed by atoms with van der Waals surface area (Å²) in [5.74, 6) is 1.76. The van der Waals surface area contributed by atoms with Crippen molar-refractivity contribution in [2.24, 2.45) is 0 Å². The lowest BCUT2D eigenvalue weighted by molar-refractivity contribution is 0.388. The maximum absolute atomic E-state index is 5.42. The van der Waals surface area contributed by atoms with Gasteiger partial charge in [0.15, 0.2) is 0 Å². The van der Waals surface area contributed by atoms with Crippen molar-refractivity contribution in [1.29, 1.82) is 0 Å². The molecule has 0 bridgehead atoms. The lowest BCUT2D eigenvalue weighted by Gasteiger charge is -2.20. The first-order valence-electron chi connectivity index (χ1n) is 6.30. The van der Waals surface area contributed by atoms with Crippen molar-refractivity contribution in [1.82, 2.24) is 10.6 Å². The summed E-state index contributed by atoms with van der Waals surface area (Å²) in [5, 5.41) is 6.51. The average molecular weight is 252 g/mol. The lowest BCUT2D eigenvalue weighted by atomic mass is 10.0. The van der Waals surface area contributed by atoms with Crippen LogP contribution in [0.2, 0.25) is 0 Å². The summed E-state index contributed by atoms with van der Waals surface area (Å²) in [5.41, 5.74) is 1.15. The van der Waals surface area contributed by atoms with Gasteiger partial charge in [-0.3, -0.25) is 0 Å². The van der Waals surface area contributed by atoms with E-state index in [4.69, 9.17) is 9.47 Å². The minimum absolute atomic E-state index is 0.281. The molecule has 0 aliphatic rings. The Bertz CT molecular complexity index is 356. The van der Waals surface area contributed by atoms with Crippen LogP contribution >= 0.6 is 0 Å². The molecule has 1 aromatic rings. The highest BCUT2D eigenvalue weighted by atomic mass is 16.5. The lowest BCUT2D eigenvalue weighted by Crippen LogP contribution is -2.19. The molecule has 1 unspecified atom stereocenters. The molecule has 18 heavy (non-hydrogen) atoms. The smallest absolute Gasteiger partial charge is 0.123 e. The van der Waals surface area contributed by atoms with Gasteiger partial charge in [0, 0.05) is 11.6 Å². The molecule has 0 aromatic heterocycles. The number of hydrogen-bond donors (Lipinski definition) is 2. The summed E-state index contributed by atoms with van der Waals surface area (Å²) < 4.78 is 10.7. The van der Waals surface area contributed by atoms with Crippen LogP contribution in [0.15, 0.2) is 18.2 Å². The maximum atomic E-state index is 5.42. The van der Waals surface area contributed by atoms with Crippen LogP contribution in [0.1, 0.15) is 24.4 Å². The van der Waals surface area contributed by atoms with Crippen LogP contribution in [-0.2, 0) is 0 Å². The summed E-state index contributed by atoms with van der Waals surface area (Å²) in [7, 11) is 7.33. The van der Waals surface area contributed by atoms with E-state index in [0.717, 1.165) is 36.4 Å². The Balaban J connectivity index is 2.87. The fourth-order valence-corrected chi connectivity index (χ4v) is 2.05. The van der Waals surface area contributed by atoms with Gasteiger partial charge in [-0.05, 0) is 51.7 Å². The van der Waals surface area contributed by atoms with Gasteiger partial charge >= 0.3 is 0 Å². The zero-order chi connectivity index (χ0) is 13.4. The van der Waals surface area contributed by atoms with Crippen LogP contribution in [0.3, 0.4) is 0 Å². The van der Waals surface area contributed by atoms with E-state index in [2.05, 4.69) is 10.6 Å². The normalized spacial score (nSPS) is 12.2. The molecule has 0 radical (unpaired) electrons. The molecule has 0 amide bonds. The zero-order valence-corrected chi connectivity index (χ0v) is 11.7. The van der Waals surface area contributed by atoms with Gasteiger partial charge in [-0.15, -0.1) is 0 Å². The van der Waals surface area contributed by atoms with E-state index in [0.29, 0.717) is 0 Å². The third-order valence-electron chi connectivity index (χ3n) is 3.08. The first-order chi connectivity index (χ1) is 8.76. The summed E-state index contributed by atoms with van der Waals surface area (Å²) in [6.07, 6.45) is 2.17. The Hall–Kier alpha value is -1.26. The van der Waals surface area contributed by atoms with E-state index in [9.17, 15) is 0 Å². The fourth-order valence-electron chi connectivity index (χ4n) is 2.05. The molecular weight excluding hydrogens is 228 g/mol. The van der Waals surface area contributed by atoms with Crippen LogP contribution in [0.4, 0.5) is 0 Å². The fraction of sp³-hybridized carbons (Fsp3) is 0.571. The predicted molar refractivity (Wildman–Crippen MR) is 74.5 cm³/mol. The van der Waals surface area contributed by atoms with Crippen LogP contribution in [-0.4, -0.2) is 34.9 Å². The molecule has 0 saturated heterocycles. The quantitative estimate of drug-likeness (QED) is 0.694.